The van der Waals surface area contributed by atoms with Crippen molar-refractivity contribution in [2.24, 2.45) is 5.92 Å². The number of anilines is 1. The van der Waals surface area contributed by atoms with Gasteiger partial charge >= 0.3 is 0 Å². The second-order valence-electron chi connectivity index (χ2n) is 3.84. The summed E-state index contributed by atoms with van der Waals surface area (Å²) in [5.41, 5.74) is 7.90. The van der Waals surface area contributed by atoms with Gasteiger partial charge in [0, 0.05) is 37.2 Å². The van der Waals surface area contributed by atoms with Crippen molar-refractivity contribution in [3.8, 4) is 0 Å². The van der Waals surface area contributed by atoms with Crippen LogP contribution < -0.4 is 11.1 Å². The van der Waals surface area contributed by atoms with Crippen LogP contribution in [0.1, 0.15) is 11.5 Å². The van der Waals surface area contributed by atoms with Gasteiger partial charge in [-0.15, -0.1) is 0 Å². The van der Waals surface area contributed by atoms with Crippen molar-refractivity contribution in [3.05, 3.63) is 29.8 Å². The fraction of sp³-hybridized carbons (Fsp3) is 0.455. The van der Waals surface area contributed by atoms with Crippen LogP contribution >= 0.6 is 0 Å². The molecule has 76 valence electrons. The number of hydrogen-bond donors (Lipinski definition) is 3. The number of hydrogen-bond acceptors (Lipinski definition) is 3. The lowest BCUT2D eigenvalue weighted by Gasteiger charge is -2.18. The lowest BCUT2D eigenvalue weighted by molar-refractivity contribution is 0.226. The smallest absolute Gasteiger partial charge is 0.0477 e. The molecule has 0 aromatic heterocycles. The first kappa shape index (κ1) is 9.49. The van der Waals surface area contributed by atoms with Crippen LogP contribution in [-0.4, -0.2) is 24.8 Å². The normalized spacial score (nSPS) is 26.6. The van der Waals surface area contributed by atoms with Crippen molar-refractivity contribution in [1.82, 2.24) is 5.32 Å². The fourth-order valence-corrected chi connectivity index (χ4v) is 2.14. The van der Waals surface area contributed by atoms with E-state index in [1.54, 1.807) is 0 Å². The second-order valence-corrected chi connectivity index (χ2v) is 3.84. The van der Waals surface area contributed by atoms with Crippen molar-refractivity contribution in [1.29, 1.82) is 0 Å². The van der Waals surface area contributed by atoms with Crippen molar-refractivity contribution < 1.29 is 5.11 Å². The number of benzene rings is 1. The topological polar surface area (TPSA) is 58.3 Å². The van der Waals surface area contributed by atoms with Gasteiger partial charge in [-0.3, -0.25) is 0 Å². The summed E-state index contributed by atoms with van der Waals surface area (Å²) in [5, 5.41) is 12.5. The summed E-state index contributed by atoms with van der Waals surface area (Å²) in [6.07, 6.45) is 0. The van der Waals surface area contributed by atoms with E-state index in [2.05, 4.69) is 11.4 Å². The average molecular weight is 192 g/mol. The highest BCUT2D eigenvalue weighted by Gasteiger charge is 2.28. The summed E-state index contributed by atoms with van der Waals surface area (Å²) >= 11 is 0. The lowest BCUT2D eigenvalue weighted by Crippen LogP contribution is -2.15. The quantitative estimate of drug-likeness (QED) is 0.600. The zero-order valence-corrected chi connectivity index (χ0v) is 8.11. The molecular weight excluding hydrogens is 176 g/mol. The third-order valence-electron chi connectivity index (χ3n) is 2.97. The van der Waals surface area contributed by atoms with Gasteiger partial charge in [-0.1, -0.05) is 18.2 Å². The molecule has 1 aliphatic heterocycles. The van der Waals surface area contributed by atoms with E-state index in [1.807, 2.05) is 18.2 Å². The molecule has 14 heavy (non-hydrogen) atoms. The summed E-state index contributed by atoms with van der Waals surface area (Å²) in [6, 6.07) is 7.91. The molecule has 1 aliphatic rings. The number of aliphatic hydroxyl groups excluding tert-OH is 1. The highest BCUT2D eigenvalue weighted by Crippen LogP contribution is 2.31. The van der Waals surface area contributed by atoms with Gasteiger partial charge in [-0.2, -0.15) is 0 Å². The maximum atomic E-state index is 9.21. The van der Waals surface area contributed by atoms with E-state index in [9.17, 15) is 5.11 Å². The van der Waals surface area contributed by atoms with Crippen LogP contribution in [0.2, 0.25) is 0 Å². The van der Waals surface area contributed by atoms with Gasteiger partial charge in [0.1, 0.15) is 0 Å². The third-order valence-corrected chi connectivity index (χ3v) is 2.97. The zero-order valence-electron chi connectivity index (χ0n) is 8.11. The maximum Gasteiger partial charge on any atom is 0.0477 e. The van der Waals surface area contributed by atoms with Crippen molar-refractivity contribution in [2.75, 3.05) is 25.4 Å². The predicted octanol–water partition coefficient (Wildman–Crippen LogP) is 0.564. The first-order chi connectivity index (χ1) is 6.83. The Bertz CT molecular complexity index is 314. The SMILES string of the molecule is Nc1ccccc1C1CNCC1CO. The molecule has 1 fully saturated rings. The molecule has 0 radical (unpaired) electrons. The Labute approximate surface area is 83.9 Å². The van der Waals surface area contributed by atoms with Gasteiger partial charge in [0.2, 0.25) is 0 Å². The molecule has 0 bridgehead atoms. The molecule has 1 saturated heterocycles. The number of nitrogen functional groups attached to an aromatic ring is 1. The van der Waals surface area contributed by atoms with Gasteiger partial charge < -0.3 is 16.2 Å². The molecule has 0 spiro atoms. The molecular formula is C11H16N2O. The Morgan fingerprint density at radius 2 is 2.14 bits per heavy atom. The number of para-hydroxylation sites is 1. The molecule has 3 nitrogen and oxygen atoms in total. The van der Waals surface area contributed by atoms with E-state index in [0.717, 1.165) is 24.3 Å². The van der Waals surface area contributed by atoms with Crippen LogP contribution in [-0.2, 0) is 0 Å². The number of rotatable bonds is 2. The Balaban J connectivity index is 2.26. The van der Waals surface area contributed by atoms with E-state index in [0.29, 0.717) is 11.8 Å². The van der Waals surface area contributed by atoms with Crippen LogP contribution in [0.15, 0.2) is 24.3 Å². The van der Waals surface area contributed by atoms with Crippen LogP contribution in [0.4, 0.5) is 5.69 Å². The maximum absolute atomic E-state index is 9.21. The Hall–Kier alpha value is -1.06. The largest absolute Gasteiger partial charge is 0.398 e. The van der Waals surface area contributed by atoms with Crippen LogP contribution in [0.3, 0.4) is 0 Å². The first-order valence-corrected chi connectivity index (χ1v) is 4.99. The number of nitrogens with two attached hydrogens (primary N) is 1. The fourth-order valence-electron chi connectivity index (χ4n) is 2.14. The van der Waals surface area contributed by atoms with E-state index < -0.39 is 0 Å². The first-order valence-electron chi connectivity index (χ1n) is 4.99. The molecule has 2 unspecified atom stereocenters. The van der Waals surface area contributed by atoms with Crippen molar-refractivity contribution in [3.63, 3.8) is 0 Å². The summed E-state index contributed by atoms with van der Waals surface area (Å²) in [4.78, 5) is 0. The molecule has 1 aromatic rings. The van der Waals surface area contributed by atoms with E-state index in [1.165, 1.54) is 0 Å². The Morgan fingerprint density at radius 1 is 1.36 bits per heavy atom. The summed E-state index contributed by atoms with van der Waals surface area (Å²) in [6.45, 7) is 2.03. The van der Waals surface area contributed by atoms with Crippen LogP contribution in [0, 0.1) is 5.92 Å². The molecule has 0 amide bonds. The molecule has 0 saturated carbocycles. The van der Waals surface area contributed by atoms with Gasteiger partial charge in [0.05, 0.1) is 0 Å². The molecule has 2 atom stereocenters. The molecule has 4 N–H and O–H groups in total. The summed E-state index contributed by atoms with van der Waals surface area (Å²) in [5.74, 6) is 0.667. The van der Waals surface area contributed by atoms with Crippen LogP contribution in [0.25, 0.3) is 0 Å². The van der Waals surface area contributed by atoms with E-state index in [4.69, 9.17) is 5.73 Å². The van der Waals surface area contributed by atoms with Gasteiger partial charge in [0.15, 0.2) is 0 Å². The highest BCUT2D eigenvalue weighted by atomic mass is 16.3. The average Bonchev–Trinajstić information content (AvgIpc) is 2.66. The Kier molecular flexibility index (Phi) is 2.70. The molecule has 2 rings (SSSR count). The third kappa shape index (κ3) is 1.61. The minimum atomic E-state index is 0.228. The summed E-state index contributed by atoms with van der Waals surface area (Å²) < 4.78 is 0. The molecule has 1 aromatic carbocycles. The Morgan fingerprint density at radius 3 is 2.86 bits per heavy atom. The van der Waals surface area contributed by atoms with Gasteiger partial charge in [-0.25, -0.2) is 0 Å². The summed E-state index contributed by atoms with van der Waals surface area (Å²) in [7, 11) is 0. The van der Waals surface area contributed by atoms with Gasteiger partial charge in [0.25, 0.3) is 0 Å². The predicted molar refractivity (Wildman–Crippen MR) is 57.0 cm³/mol. The zero-order chi connectivity index (χ0) is 9.97. The molecule has 3 heteroatoms. The minimum Gasteiger partial charge on any atom is -0.398 e. The number of nitrogens with one attached hydrogen (secondary N) is 1. The van der Waals surface area contributed by atoms with Crippen LogP contribution in [0.5, 0.6) is 0 Å². The number of aliphatic hydroxyl groups is 1. The standard InChI is InChI=1S/C11H16N2O/c12-11-4-2-1-3-9(11)10-6-13-5-8(10)7-14/h1-4,8,10,13-14H,5-7,12H2. The highest BCUT2D eigenvalue weighted by molar-refractivity contribution is 5.49. The monoisotopic (exact) mass is 192 g/mol. The van der Waals surface area contributed by atoms with E-state index in [-0.39, 0.29) is 6.61 Å². The van der Waals surface area contributed by atoms with E-state index >= 15 is 0 Å². The minimum absolute atomic E-state index is 0.228. The molecule has 0 aliphatic carbocycles. The molecule has 1 heterocycles. The van der Waals surface area contributed by atoms with Crippen molar-refractivity contribution in [2.45, 2.75) is 5.92 Å². The van der Waals surface area contributed by atoms with Gasteiger partial charge in [-0.05, 0) is 11.6 Å². The second kappa shape index (κ2) is 3.98. The lowest BCUT2D eigenvalue weighted by atomic mass is 9.88. The van der Waals surface area contributed by atoms with Crippen molar-refractivity contribution >= 4 is 5.69 Å².